The van der Waals surface area contributed by atoms with Crippen LogP contribution in [0.1, 0.15) is 44.9 Å². The number of aryl methyl sites for hydroxylation is 2. The number of hydrogen-bond acceptors (Lipinski definition) is 7. The van der Waals surface area contributed by atoms with Crippen LogP contribution in [-0.2, 0) is 19.5 Å². The van der Waals surface area contributed by atoms with Gasteiger partial charge in [-0.1, -0.05) is 31.0 Å². The second-order valence-corrected chi connectivity index (χ2v) is 8.39. The molecule has 10 nitrogen and oxygen atoms in total. The van der Waals surface area contributed by atoms with Gasteiger partial charge in [0.15, 0.2) is 17.0 Å². The fraction of sp³-hybridized carbons (Fsp3) is 0.435. The van der Waals surface area contributed by atoms with Crippen LogP contribution in [0.2, 0.25) is 5.28 Å². The standard InChI is InChI=1S/C23H27ClN6O4/c1-3-4-6-12-29-19-18(26-22(24)27-19)21(31)30(23(29)32)13-7-5-11-17-25-20(34-28-17)15-9-8-10-16(14-15)33-2/h8-10,14H,3-7,11-13H2,1-2H3,(H,26,27). The normalized spacial score (nSPS) is 11.4. The maximum Gasteiger partial charge on any atom is 0.332 e. The highest BCUT2D eigenvalue weighted by Gasteiger charge is 2.17. The molecule has 0 aliphatic carbocycles. The van der Waals surface area contributed by atoms with E-state index in [1.807, 2.05) is 24.3 Å². The van der Waals surface area contributed by atoms with Gasteiger partial charge in [-0.3, -0.25) is 13.9 Å². The van der Waals surface area contributed by atoms with Crippen molar-refractivity contribution in [3.05, 3.63) is 56.2 Å². The minimum atomic E-state index is -0.411. The number of methoxy groups -OCH3 is 1. The number of benzene rings is 1. The van der Waals surface area contributed by atoms with Gasteiger partial charge in [0.2, 0.25) is 5.28 Å². The van der Waals surface area contributed by atoms with Crippen LogP contribution in [0.5, 0.6) is 5.75 Å². The number of fused-ring (bicyclic) bond motifs is 1. The van der Waals surface area contributed by atoms with Crippen molar-refractivity contribution in [1.82, 2.24) is 29.2 Å². The Hall–Kier alpha value is -3.40. The van der Waals surface area contributed by atoms with E-state index in [2.05, 4.69) is 27.0 Å². The molecule has 4 aromatic rings. The Labute approximate surface area is 200 Å². The van der Waals surface area contributed by atoms with Gasteiger partial charge in [-0.05, 0) is 49.1 Å². The second-order valence-electron chi connectivity index (χ2n) is 8.03. The Kier molecular flexibility index (Phi) is 7.46. The van der Waals surface area contributed by atoms with Crippen LogP contribution < -0.4 is 16.0 Å². The molecule has 0 aliphatic heterocycles. The van der Waals surface area contributed by atoms with Crippen LogP contribution in [0.3, 0.4) is 0 Å². The summed E-state index contributed by atoms with van der Waals surface area (Å²) in [6.45, 7) is 2.85. The lowest BCUT2D eigenvalue weighted by atomic mass is 10.2. The van der Waals surface area contributed by atoms with E-state index in [9.17, 15) is 9.59 Å². The number of imidazole rings is 1. The second kappa shape index (κ2) is 10.7. The fourth-order valence-corrected chi connectivity index (χ4v) is 4.01. The van der Waals surface area contributed by atoms with Crippen molar-refractivity contribution in [3.8, 4) is 17.2 Å². The van der Waals surface area contributed by atoms with Gasteiger partial charge >= 0.3 is 5.69 Å². The molecule has 11 heteroatoms. The van der Waals surface area contributed by atoms with E-state index in [4.69, 9.17) is 20.9 Å². The van der Waals surface area contributed by atoms with Gasteiger partial charge in [0.05, 0.1) is 7.11 Å². The number of halogens is 1. The number of nitrogens with one attached hydrogen (secondary N) is 1. The molecule has 0 spiro atoms. The smallest absolute Gasteiger partial charge is 0.332 e. The highest BCUT2D eigenvalue weighted by molar-refractivity contribution is 6.28. The summed E-state index contributed by atoms with van der Waals surface area (Å²) in [5, 5.41) is 4.13. The van der Waals surface area contributed by atoms with Gasteiger partial charge in [-0.2, -0.15) is 9.97 Å². The summed E-state index contributed by atoms with van der Waals surface area (Å²) >= 11 is 5.99. The highest BCUT2D eigenvalue weighted by atomic mass is 35.5. The molecule has 1 N–H and O–H groups in total. The molecule has 0 unspecified atom stereocenters. The topological polar surface area (TPSA) is 121 Å². The molecule has 0 fully saturated rings. The SMILES string of the molecule is CCCCCn1c(=O)n(CCCCc2noc(-c3cccc(OC)c3)n2)c(=O)c2[nH]c(Cl)nc21. The fourth-order valence-electron chi connectivity index (χ4n) is 3.84. The first kappa shape index (κ1) is 23.7. The van der Waals surface area contributed by atoms with E-state index in [0.717, 1.165) is 24.8 Å². The molecule has 0 aliphatic rings. The molecule has 3 heterocycles. The zero-order valence-corrected chi connectivity index (χ0v) is 20.0. The number of H-pyrrole nitrogens is 1. The lowest BCUT2D eigenvalue weighted by molar-refractivity contribution is 0.411. The van der Waals surface area contributed by atoms with Crippen LogP contribution in [-0.4, -0.2) is 36.4 Å². The lowest BCUT2D eigenvalue weighted by Gasteiger charge is -2.11. The first-order chi connectivity index (χ1) is 16.5. The van der Waals surface area contributed by atoms with E-state index in [1.54, 1.807) is 7.11 Å². The quantitative estimate of drug-likeness (QED) is 0.252. The van der Waals surface area contributed by atoms with Crippen molar-refractivity contribution in [1.29, 1.82) is 0 Å². The largest absolute Gasteiger partial charge is 0.497 e. The number of unbranched alkanes of at least 4 members (excludes halogenated alkanes) is 3. The summed E-state index contributed by atoms with van der Waals surface area (Å²) in [4.78, 5) is 37.3. The minimum absolute atomic E-state index is 0.0949. The van der Waals surface area contributed by atoms with Gasteiger partial charge < -0.3 is 14.2 Å². The van der Waals surface area contributed by atoms with E-state index < -0.39 is 5.56 Å². The Morgan fingerprint density at radius 1 is 1.09 bits per heavy atom. The van der Waals surface area contributed by atoms with Crippen molar-refractivity contribution in [2.45, 2.75) is 58.5 Å². The van der Waals surface area contributed by atoms with Crippen LogP contribution >= 0.6 is 11.6 Å². The van der Waals surface area contributed by atoms with Crippen LogP contribution in [0.15, 0.2) is 38.4 Å². The van der Waals surface area contributed by atoms with Crippen molar-refractivity contribution in [2.75, 3.05) is 7.11 Å². The van der Waals surface area contributed by atoms with Gasteiger partial charge in [-0.15, -0.1) is 0 Å². The number of aromatic nitrogens is 6. The third kappa shape index (κ3) is 5.06. The molecule has 0 radical (unpaired) electrons. The molecule has 0 saturated heterocycles. The van der Waals surface area contributed by atoms with Gasteiger partial charge in [0.25, 0.3) is 11.4 Å². The predicted molar refractivity (Wildman–Crippen MR) is 128 cm³/mol. The third-order valence-electron chi connectivity index (χ3n) is 5.63. The maximum atomic E-state index is 13.1. The average molecular weight is 487 g/mol. The number of nitrogens with zero attached hydrogens (tertiary/aromatic N) is 5. The zero-order valence-electron chi connectivity index (χ0n) is 19.2. The summed E-state index contributed by atoms with van der Waals surface area (Å²) in [5.74, 6) is 1.69. The number of ether oxygens (including phenoxy) is 1. The average Bonchev–Trinajstić information content (AvgIpc) is 3.47. The summed E-state index contributed by atoms with van der Waals surface area (Å²) in [6.07, 6.45) is 4.66. The molecule has 0 atom stereocenters. The summed E-state index contributed by atoms with van der Waals surface area (Å²) < 4.78 is 13.4. The van der Waals surface area contributed by atoms with Crippen LogP contribution in [0.4, 0.5) is 0 Å². The van der Waals surface area contributed by atoms with E-state index in [-0.39, 0.29) is 23.0 Å². The molecule has 180 valence electrons. The first-order valence-electron chi connectivity index (χ1n) is 11.4. The minimum Gasteiger partial charge on any atom is -0.497 e. The molecular formula is C23H27ClN6O4. The molecular weight excluding hydrogens is 460 g/mol. The van der Waals surface area contributed by atoms with Crippen molar-refractivity contribution in [3.63, 3.8) is 0 Å². The van der Waals surface area contributed by atoms with E-state index in [0.29, 0.717) is 48.9 Å². The van der Waals surface area contributed by atoms with Gasteiger partial charge in [0, 0.05) is 25.1 Å². The molecule has 0 amide bonds. The third-order valence-corrected chi connectivity index (χ3v) is 5.81. The summed E-state index contributed by atoms with van der Waals surface area (Å²) in [5.41, 5.74) is 0.564. The van der Waals surface area contributed by atoms with Crippen molar-refractivity contribution >= 4 is 22.8 Å². The molecule has 0 bridgehead atoms. The Bertz CT molecular complexity index is 1390. The summed E-state index contributed by atoms with van der Waals surface area (Å²) in [6, 6.07) is 7.40. The van der Waals surface area contributed by atoms with Crippen molar-refractivity contribution in [2.24, 2.45) is 0 Å². The Morgan fingerprint density at radius 2 is 1.88 bits per heavy atom. The van der Waals surface area contributed by atoms with Gasteiger partial charge in [-0.25, -0.2) is 4.79 Å². The molecule has 0 saturated carbocycles. The Balaban J connectivity index is 1.44. The number of hydrogen-bond donors (Lipinski definition) is 1. The maximum absolute atomic E-state index is 13.1. The molecule has 34 heavy (non-hydrogen) atoms. The van der Waals surface area contributed by atoms with E-state index in [1.165, 1.54) is 9.13 Å². The molecule has 3 aromatic heterocycles. The highest BCUT2D eigenvalue weighted by Crippen LogP contribution is 2.22. The van der Waals surface area contributed by atoms with Gasteiger partial charge in [0.1, 0.15) is 5.75 Å². The predicted octanol–water partition coefficient (Wildman–Crippen LogP) is 3.81. The number of rotatable bonds is 11. The zero-order chi connectivity index (χ0) is 24.1. The van der Waals surface area contributed by atoms with Crippen LogP contribution in [0.25, 0.3) is 22.6 Å². The van der Waals surface area contributed by atoms with Crippen LogP contribution in [0, 0.1) is 0 Å². The Morgan fingerprint density at radius 3 is 2.68 bits per heavy atom. The first-order valence-corrected chi connectivity index (χ1v) is 11.8. The van der Waals surface area contributed by atoms with E-state index >= 15 is 0 Å². The molecule has 1 aromatic carbocycles. The summed E-state index contributed by atoms with van der Waals surface area (Å²) in [7, 11) is 1.60. The lowest BCUT2D eigenvalue weighted by Crippen LogP contribution is -2.40. The van der Waals surface area contributed by atoms with Crippen molar-refractivity contribution < 1.29 is 9.26 Å². The monoisotopic (exact) mass is 486 g/mol. The number of aromatic amines is 1. The molecule has 4 rings (SSSR count).